The number of rotatable bonds is 4. The van der Waals surface area contributed by atoms with Crippen molar-refractivity contribution in [2.45, 2.75) is 32.4 Å². The van der Waals surface area contributed by atoms with E-state index in [2.05, 4.69) is 16.4 Å². The molecule has 0 atom stereocenters. The number of thiazole rings is 1. The molecular weight excluding hydrogens is 236 g/mol. The van der Waals surface area contributed by atoms with Crippen LogP contribution in [0, 0.1) is 0 Å². The summed E-state index contributed by atoms with van der Waals surface area (Å²) in [4.78, 5) is 7.35. The maximum Gasteiger partial charge on any atom is 0.106 e. The number of thiophene rings is 1. The molecule has 0 aliphatic heterocycles. The van der Waals surface area contributed by atoms with Crippen LogP contribution >= 0.6 is 22.7 Å². The molecule has 2 aromatic heterocycles. The van der Waals surface area contributed by atoms with Gasteiger partial charge in [0.05, 0.1) is 0 Å². The molecule has 2 aromatic rings. The minimum absolute atomic E-state index is 0.889. The molecule has 0 amide bonds. The van der Waals surface area contributed by atoms with Gasteiger partial charge in [0.2, 0.25) is 0 Å². The summed E-state index contributed by atoms with van der Waals surface area (Å²) >= 11 is 3.69. The summed E-state index contributed by atoms with van der Waals surface area (Å²) in [5.74, 6) is 0. The molecule has 84 valence electrons. The van der Waals surface area contributed by atoms with E-state index in [0.717, 1.165) is 13.1 Å². The first-order valence-electron chi connectivity index (χ1n) is 5.61. The summed E-state index contributed by atoms with van der Waals surface area (Å²) in [6.45, 7) is 1.87. The largest absolute Gasteiger partial charge is 0.306 e. The van der Waals surface area contributed by atoms with Crippen molar-refractivity contribution >= 4 is 22.7 Å². The first-order chi connectivity index (χ1) is 7.92. The van der Waals surface area contributed by atoms with E-state index in [9.17, 15) is 0 Å². The van der Waals surface area contributed by atoms with Gasteiger partial charge in [-0.1, -0.05) is 0 Å². The molecular formula is C12H14N2S2. The van der Waals surface area contributed by atoms with Gasteiger partial charge in [-0.2, -0.15) is 0 Å². The van der Waals surface area contributed by atoms with Gasteiger partial charge in [-0.05, 0) is 30.9 Å². The number of aromatic nitrogens is 1. The van der Waals surface area contributed by atoms with Crippen molar-refractivity contribution in [2.75, 3.05) is 0 Å². The summed E-state index contributed by atoms with van der Waals surface area (Å²) in [7, 11) is 0. The van der Waals surface area contributed by atoms with Gasteiger partial charge >= 0.3 is 0 Å². The number of nitrogens with one attached hydrogen (secondary N) is 1. The molecule has 1 aliphatic rings. The van der Waals surface area contributed by atoms with Gasteiger partial charge in [-0.25, -0.2) is 4.98 Å². The lowest BCUT2D eigenvalue weighted by molar-refractivity contribution is 0.697. The Labute approximate surface area is 103 Å². The van der Waals surface area contributed by atoms with Crippen LogP contribution in [0.4, 0.5) is 0 Å². The SMILES string of the molecule is c1csc(CNCc2cc3c(s2)CCC3)n1. The highest BCUT2D eigenvalue weighted by Crippen LogP contribution is 2.30. The van der Waals surface area contributed by atoms with Crippen LogP contribution in [0.3, 0.4) is 0 Å². The maximum atomic E-state index is 4.26. The first kappa shape index (κ1) is 10.4. The minimum atomic E-state index is 0.889. The standard InChI is InChI=1S/C12H14N2S2/c1-2-9-6-10(16-11(9)3-1)7-13-8-12-14-4-5-15-12/h4-6,13H,1-3,7-8H2. The lowest BCUT2D eigenvalue weighted by atomic mass is 10.2. The zero-order valence-corrected chi connectivity index (χ0v) is 10.7. The van der Waals surface area contributed by atoms with Gasteiger partial charge in [0.25, 0.3) is 0 Å². The number of aryl methyl sites for hydroxylation is 2. The number of nitrogens with zero attached hydrogens (tertiary/aromatic N) is 1. The van der Waals surface area contributed by atoms with Crippen molar-refractivity contribution in [1.29, 1.82) is 0 Å². The van der Waals surface area contributed by atoms with Crippen LogP contribution in [-0.4, -0.2) is 4.98 Å². The molecule has 1 N–H and O–H groups in total. The number of fused-ring (bicyclic) bond motifs is 1. The fourth-order valence-electron chi connectivity index (χ4n) is 2.11. The molecule has 4 heteroatoms. The predicted molar refractivity (Wildman–Crippen MR) is 69.0 cm³/mol. The third-order valence-corrected chi connectivity index (χ3v) is 4.87. The smallest absolute Gasteiger partial charge is 0.106 e. The highest BCUT2D eigenvalue weighted by atomic mass is 32.1. The second-order valence-electron chi connectivity index (χ2n) is 4.04. The number of hydrogen-bond donors (Lipinski definition) is 1. The van der Waals surface area contributed by atoms with Gasteiger partial charge in [0, 0.05) is 34.4 Å². The fraction of sp³-hybridized carbons (Fsp3) is 0.417. The van der Waals surface area contributed by atoms with E-state index in [1.165, 1.54) is 29.1 Å². The second-order valence-corrected chi connectivity index (χ2v) is 6.24. The molecule has 1 aliphatic carbocycles. The monoisotopic (exact) mass is 250 g/mol. The molecule has 0 radical (unpaired) electrons. The van der Waals surface area contributed by atoms with Crippen LogP contribution in [-0.2, 0) is 25.9 Å². The molecule has 2 nitrogen and oxygen atoms in total. The average molecular weight is 250 g/mol. The minimum Gasteiger partial charge on any atom is -0.306 e. The van der Waals surface area contributed by atoms with Crippen molar-refractivity contribution in [2.24, 2.45) is 0 Å². The summed E-state index contributed by atoms with van der Waals surface area (Å²) in [6, 6.07) is 2.38. The Bertz CT molecular complexity index is 438. The topological polar surface area (TPSA) is 24.9 Å². The Kier molecular flexibility index (Phi) is 3.04. The normalized spacial score (nSPS) is 14.2. The predicted octanol–water partition coefficient (Wildman–Crippen LogP) is 2.98. The van der Waals surface area contributed by atoms with Gasteiger partial charge in [-0.3, -0.25) is 0 Å². The fourth-order valence-corrected chi connectivity index (χ4v) is 3.93. The van der Waals surface area contributed by atoms with Crippen LogP contribution in [0.1, 0.15) is 26.7 Å². The molecule has 16 heavy (non-hydrogen) atoms. The summed E-state index contributed by atoms with van der Waals surface area (Å²) in [6.07, 6.45) is 5.81. The Balaban J connectivity index is 1.54. The van der Waals surface area contributed by atoms with Gasteiger partial charge in [-0.15, -0.1) is 22.7 Å². The molecule has 0 spiro atoms. The Morgan fingerprint density at radius 3 is 3.12 bits per heavy atom. The highest BCUT2D eigenvalue weighted by molar-refractivity contribution is 7.12. The van der Waals surface area contributed by atoms with E-state index >= 15 is 0 Å². The molecule has 2 heterocycles. The van der Waals surface area contributed by atoms with Gasteiger partial charge in [0.1, 0.15) is 5.01 Å². The van der Waals surface area contributed by atoms with Crippen molar-refractivity contribution in [3.63, 3.8) is 0 Å². The van der Waals surface area contributed by atoms with Crippen molar-refractivity contribution < 1.29 is 0 Å². The van der Waals surface area contributed by atoms with E-state index in [1.54, 1.807) is 21.8 Å². The maximum absolute atomic E-state index is 4.26. The second kappa shape index (κ2) is 4.65. The third kappa shape index (κ3) is 2.19. The van der Waals surface area contributed by atoms with E-state index in [4.69, 9.17) is 0 Å². The molecule has 0 saturated carbocycles. The molecule has 0 fully saturated rings. The first-order valence-corrected chi connectivity index (χ1v) is 7.31. The highest BCUT2D eigenvalue weighted by Gasteiger charge is 2.14. The van der Waals surface area contributed by atoms with Gasteiger partial charge < -0.3 is 5.32 Å². The molecule has 0 aromatic carbocycles. The van der Waals surface area contributed by atoms with Crippen molar-refractivity contribution in [3.05, 3.63) is 38.0 Å². The average Bonchev–Trinajstić information content (AvgIpc) is 2.91. The van der Waals surface area contributed by atoms with Crippen LogP contribution in [0.5, 0.6) is 0 Å². The zero-order chi connectivity index (χ0) is 10.8. The van der Waals surface area contributed by atoms with Crippen LogP contribution in [0.15, 0.2) is 17.6 Å². The van der Waals surface area contributed by atoms with Gasteiger partial charge in [0.15, 0.2) is 0 Å². The van der Waals surface area contributed by atoms with E-state index in [-0.39, 0.29) is 0 Å². The van der Waals surface area contributed by atoms with E-state index in [1.807, 2.05) is 22.9 Å². The Morgan fingerprint density at radius 2 is 2.31 bits per heavy atom. The van der Waals surface area contributed by atoms with E-state index < -0.39 is 0 Å². The van der Waals surface area contributed by atoms with Crippen LogP contribution in [0.2, 0.25) is 0 Å². The van der Waals surface area contributed by atoms with Crippen molar-refractivity contribution in [1.82, 2.24) is 10.3 Å². The summed E-state index contributed by atoms with van der Waals surface area (Å²) in [5, 5.41) is 6.65. The molecule has 0 unspecified atom stereocenters. The van der Waals surface area contributed by atoms with E-state index in [0.29, 0.717) is 0 Å². The lowest BCUT2D eigenvalue weighted by Crippen LogP contribution is -2.11. The molecule has 3 rings (SSSR count). The number of hydrogen-bond acceptors (Lipinski definition) is 4. The van der Waals surface area contributed by atoms with Crippen LogP contribution in [0.25, 0.3) is 0 Å². The summed E-state index contributed by atoms with van der Waals surface area (Å²) in [5.41, 5.74) is 1.59. The van der Waals surface area contributed by atoms with Crippen molar-refractivity contribution in [3.8, 4) is 0 Å². The Hall–Kier alpha value is -0.710. The summed E-state index contributed by atoms with van der Waals surface area (Å²) < 4.78 is 0. The molecule has 0 bridgehead atoms. The third-order valence-electron chi connectivity index (χ3n) is 2.86. The van der Waals surface area contributed by atoms with Crippen LogP contribution < -0.4 is 5.32 Å². The quantitative estimate of drug-likeness (QED) is 0.902. The zero-order valence-electron chi connectivity index (χ0n) is 9.03. The lowest BCUT2D eigenvalue weighted by Gasteiger charge is -1.99. The molecule has 0 saturated heterocycles. The Morgan fingerprint density at radius 1 is 1.31 bits per heavy atom.